The Morgan fingerprint density at radius 3 is 2.25 bits per heavy atom. The average Bonchev–Trinajstić information content (AvgIpc) is 3.06. The lowest BCUT2D eigenvalue weighted by Gasteiger charge is -2.25. The van der Waals surface area contributed by atoms with Crippen molar-refractivity contribution in [3.8, 4) is 0 Å². The number of pyridine rings is 1. The van der Waals surface area contributed by atoms with E-state index in [1.807, 2.05) is 0 Å². The number of nitrogens with zero attached hydrogens (tertiary/aromatic N) is 1. The molecular weight excluding hydrogens is 246 g/mol. The number of nitrogens with one attached hydrogen (secondary N) is 2. The molecule has 1 aromatic rings. The number of hydrogen-bond donors (Lipinski definition) is 2. The van der Waals surface area contributed by atoms with Gasteiger partial charge in [0.25, 0.3) is 0 Å². The highest BCUT2D eigenvalue weighted by atomic mass is 15.0. The molecule has 0 aliphatic heterocycles. The second-order valence-corrected chi connectivity index (χ2v) is 8.03. The summed E-state index contributed by atoms with van der Waals surface area (Å²) in [6.45, 7) is 14.1. The van der Waals surface area contributed by atoms with Crippen LogP contribution in [0.3, 0.4) is 0 Å². The van der Waals surface area contributed by atoms with Gasteiger partial charge in [0.1, 0.15) is 5.82 Å². The molecular formula is C17H29N3. The maximum absolute atomic E-state index is 4.79. The van der Waals surface area contributed by atoms with Gasteiger partial charge < -0.3 is 10.6 Å². The van der Waals surface area contributed by atoms with Gasteiger partial charge in [-0.2, -0.15) is 0 Å². The van der Waals surface area contributed by atoms with E-state index in [2.05, 4.69) is 64.3 Å². The summed E-state index contributed by atoms with van der Waals surface area (Å²) in [4.78, 5) is 4.79. The standard InChI is InChI=1S/C17H29N3/c1-16(2,3)14-9-12(11-18-13-7-8-13)10-15(19-14)20-17(4,5)6/h9-10,13,18H,7-8,11H2,1-6H3,(H,19,20). The van der Waals surface area contributed by atoms with E-state index in [9.17, 15) is 0 Å². The fourth-order valence-electron chi connectivity index (χ4n) is 2.07. The van der Waals surface area contributed by atoms with Crippen LogP contribution in [0.1, 0.15) is 65.6 Å². The van der Waals surface area contributed by atoms with Crippen LogP contribution >= 0.6 is 0 Å². The quantitative estimate of drug-likeness (QED) is 0.876. The van der Waals surface area contributed by atoms with Crippen molar-refractivity contribution < 1.29 is 0 Å². The van der Waals surface area contributed by atoms with Crippen molar-refractivity contribution in [2.24, 2.45) is 0 Å². The molecule has 3 nitrogen and oxygen atoms in total. The molecule has 1 aliphatic rings. The third-order valence-corrected chi connectivity index (χ3v) is 3.33. The maximum atomic E-state index is 4.79. The van der Waals surface area contributed by atoms with E-state index in [1.165, 1.54) is 18.4 Å². The minimum atomic E-state index is 0.0324. The summed E-state index contributed by atoms with van der Waals surface area (Å²) in [6, 6.07) is 5.15. The smallest absolute Gasteiger partial charge is 0.126 e. The maximum Gasteiger partial charge on any atom is 0.126 e. The largest absolute Gasteiger partial charge is 0.365 e. The van der Waals surface area contributed by atoms with Crippen LogP contribution in [0.15, 0.2) is 12.1 Å². The molecule has 0 radical (unpaired) electrons. The topological polar surface area (TPSA) is 37.0 Å². The molecule has 1 aromatic heterocycles. The van der Waals surface area contributed by atoms with Crippen LogP contribution in [0, 0.1) is 0 Å². The summed E-state index contributed by atoms with van der Waals surface area (Å²) in [6.07, 6.45) is 2.65. The SMILES string of the molecule is CC(C)(C)Nc1cc(CNC2CC2)cc(C(C)(C)C)n1. The van der Waals surface area contributed by atoms with Gasteiger partial charge >= 0.3 is 0 Å². The number of aromatic nitrogens is 1. The molecule has 2 N–H and O–H groups in total. The van der Waals surface area contributed by atoms with Crippen molar-refractivity contribution >= 4 is 5.82 Å². The minimum absolute atomic E-state index is 0.0324. The zero-order valence-electron chi connectivity index (χ0n) is 13.8. The highest BCUT2D eigenvalue weighted by Crippen LogP contribution is 2.25. The molecule has 1 fully saturated rings. The Labute approximate surface area is 123 Å². The molecule has 0 amide bonds. The van der Waals surface area contributed by atoms with Crippen LogP contribution in [0.5, 0.6) is 0 Å². The molecule has 1 saturated carbocycles. The molecule has 3 heteroatoms. The van der Waals surface area contributed by atoms with Gasteiger partial charge in [-0.25, -0.2) is 4.98 Å². The first-order chi connectivity index (χ1) is 9.13. The lowest BCUT2D eigenvalue weighted by molar-refractivity contribution is 0.563. The first-order valence-electron chi connectivity index (χ1n) is 7.66. The lowest BCUT2D eigenvalue weighted by atomic mass is 9.90. The summed E-state index contributed by atoms with van der Waals surface area (Å²) >= 11 is 0. The molecule has 1 aliphatic carbocycles. The van der Waals surface area contributed by atoms with E-state index in [0.29, 0.717) is 0 Å². The van der Waals surface area contributed by atoms with Gasteiger partial charge in [0.05, 0.1) is 0 Å². The summed E-state index contributed by atoms with van der Waals surface area (Å²) in [7, 11) is 0. The van der Waals surface area contributed by atoms with Crippen molar-refractivity contribution in [3.05, 3.63) is 23.4 Å². The van der Waals surface area contributed by atoms with Gasteiger partial charge in [-0.1, -0.05) is 20.8 Å². The molecule has 0 spiro atoms. The van der Waals surface area contributed by atoms with E-state index < -0.39 is 0 Å². The molecule has 20 heavy (non-hydrogen) atoms. The third kappa shape index (κ3) is 4.78. The third-order valence-electron chi connectivity index (χ3n) is 3.33. The highest BCUT2D eigenvalue weighted by molar-refractivity contribution is 5.43. The summed E-state index contributed by atoms with van der Waals surface area (Å²) in [5.74, 6) is 0.984. The van der Waals surface area contributed by atoms with Crippen LogP contribution in [0.4, 0.5) is 5.82 Å². The van der Waals surface area contributed by atoms with Gasteiger partial charge in [0.15, 0.2) is 0 Å². The zero-order valence-corrected chi connectivity index (χ0v) is 13.8. The number of rotatable bonds is 4. The Balaban J connectivity index is 2.22. The zero-order chi connectivity index (χ0) is 15.0. The van der Waals surface area contributed by atoms with Gasteiger partial charge in [0, 0.05) is 29.2 Å². The second-order valence-electron chi connectivity index (χ2n) is 8.03. The van der Waals surface area contributed by atoms with Crippen molar-refractivity contribution in [2.75, 3.05) is 5.32 Å². The second kappa shape index (κ2) is 5.36. The van der Waals surface area contributed by atoms with Crippen LogP contribution in [0.25, 0.3) is 0 Å². The number of anilines is 1. The molecule has 0 atom stereocenters. The molecule has 112 valence electrons. The van der Waals surface area contributed by atoms with E-state index in [0.717, 1.165) is 24.1 Å². The number of hydrogen-bond acceptors (Lipinski definition) is 3. The van der Waals surface area contributed by atoms with E-state index in [4.69, 9.17) is 4.98 Å². The van der Waals surface area contributed by atoms with Gasteiger partial charge in [-0.05, 0) is 51.3 Å². The van der Waals surface area contributed by atoms with Crippen molar-refractivity contribution in [1.82, 2.24) is 10.3 Å². The van der Waals surface area contributed by atoms with Gasteiger partial charge in [0.2, 0.25) is 0 Å². The van der Waals surface area contributed by atoms with E-state index in [1.54, 1.807) is 0 Å². The Bertz CT molecular complexity index is 462. The Morgan fingerprint density at radius 2 is 1.75 bits per heavy atom. The van der Waals surface area contributed by atoms with E-state index in [-0.39, 0.29) is 11.0 Å². The first kappa shape index (κ1) is 15.3. The summed E-state index contributed by atoms with van der Waals surface area (Å²) in [5, 5.41) is 7.08. The molecule has 0 unspecified atom stereocenters. The van der Waals surface area contributed by atoms with Crippen LogP contribution < -0.4 is 10.6 Å². The predicted molar refractivity (Wildman–Crippen MR) is 86.2 cm³/mol. The Morgan fingerprint density at radius 1 is 1.10 bits per heavy atom. The molecule has 1 heterocycles. The van der Waals surface area contributed by atoms with E-state index >= 15 is 0 Å². The fraction of sp³-hybridized carbons (Fsp3) is 0.706. The Hall–Kier alpha value is -1.09. The van der Waals surface area contributed by atoms with Crippen molar-refractivity contribution in [3.63, 3.8) is 0 Å². The monoisotopic (exact) mass is 275 g/mol. The van der Waals surface area contributed by atoms with Crippen molar-refractivity contribution in [1.29, 1.82) is 0 Å². The minimum Gasteiger partial charge on any atom is -0.365 e. The molecule has 0 saturated heterocycles. The lowest BCUT2D eigenvalue weighted by Crippen LogP contribution is -2.28. The molecule has 2 rings (SSSR count). The highest BCUT2D eigenvalue weighted by Gasteiger charge is 2.22. The van der Waals surface area contributed by atoms with Crippen LogP contribution in [-0.4, -0.2) is 16.6 Å². The first-order valence-corrected chi connectivity index (χ1v) is 7.66. The summed E-state index contributed by atoms with van der Waals surface area (Å²) < 4.78 is 0. The predicted octanol–water partition coefficient (Wildman–Crippen LogP) is 3.84. The van der Waals surface area contributed by atoms with Gasteiger partial charge in [-0.15, -0.1) is 0 Å². The summed E-state index contributed by atoms with van der Waals surface area (Å²) in [5.41, 5.74) is 2.58. The fourth-order valence-corrected chi connectivity index (χ4v) is 2.07. The van der Waals surface area contributed by atoms with Crippen LogP contribution in [-0.2, 0) is 12.0 Å². The van der Waals surface area contributed by atoms with Crippen LogP contribution in [0.2, 0.25) is 0 Å². The normalized spacial score (nSPS) is 16.3. The molecule has 0 aromatic carbocycles. The average molecular weight is 275 g/mol. The Kier molecular flexibility index (Phi) is 4.10. The van der Waals surface area contributed by atoms with Crippen molar-refractivity contribution in [2.45, 2.75) is 77.9 Å². The van der Waals surface area contributed by atoms with Gasteiger partial charge in [-0.3, -0.25) is 0 Å². The molecule has 0 bridgehead atoms.